The molecule has 0 fully saturated rings. The Balaban J connectivity index is 1.96. The van der Waals surface area contributed by atoms with Crippen LogP contribution in [-0.4, -0.2) is 16.6 Å². The molecule has 4 nitrogen and oxygen atoms in total. The van der Waals surface area contributed by atoms with Gasteiger partial charge < -0.3 is 10.1 Å². The Bertz CT molecular complexity index is 519. The maximum atomic E-state index is 6.16. The van der Waals surface area contributed by atoms with Crippen molar-refractivity contribution in [3.8, 4) is 5.75 Å². The molecule has 0 aliphatic heterocycles. The molecule has 1 aromatic carbocycles. The fourth-order valence-electron chi connectivity index (χ4n) is 1.56. The molecule has 0 amide bonds. The molecule has 0 aliphatic carbocycles. The van der Waals surface area contributed by atoms with Gasteiger partial charge >= 0.3 is 0 Å². The van der Waals surface area contributed by atoms with Crippen molar-refractivity contribution in [1.29, 1.82) is 0 Å². The Kier molecular flexibility index (Phi) is 4.98. The average Bonchev–Trinajstić information content (AvgIpc) is 2.45. The molecule has 5 heteroatoms. The second-order valence-electron chi connectivity index (χ2n) is 4.05. The summed E-state index contributed by atoms with van der Waals surface area (Å²) in [6.07, 6.45) is 4.22. The lowest BCUT2D eigenvalue weighted by Crippen LogP contribution is -2.02. The molecule has 1 aromatic heterocycles. The second-order valence-corrected chi connectivity index (χ2v) is 4.46. The van der Waals surface area contributed by atoms with Crippen LogP contribution in [0.1, 0.15) is 19.0 Å². The van der Waals surface area contributed by atoms with Crippen LogP contribution in [0.3, 0.4) is 0 Å². The highest BCUT2D eigenvalue weighted by Crippen LogP contribution is 2.27. The van der Waals surface area contributed by atoms with Gasteiger partial charge in [-0.25, -0.2) is 9.97 Å². The van der Waals surface area contributed by atoms with Gasteiger partial charge in [-0.2, -0.15) is 0 Å². The number of nitrogens with one attached hydrogen (secondary N) is 1. The zero-order valence-electron chi connectivity index (χ0n) is 10.8. The summed E-state index contributed by atoms with van der Waals surface area (Å²) >= 11 is 6.16. The van der Waals surface area contributed by atoms with Crippen molar-refractivity contribution in [2.75, 3.05) is 11.9 Å². The predicted molar refractivity (Wildman–Crippen MR) is 76.6 cm³/mol. The van der Waals surface area contributed by atoms with Gasteiger partial charge in [0, 0.05) is 11.9 Å². The van der Waals surface area contributed by atoms with Crippen molar-refractivity contribution >= 4 is 17.3 Å². The van der Waals surface area contributed by atoms with E-state index in [0.29, 0.717) is 18.2 Å². The van der Waals surface area contributed by atoms with E-state index in [1.54, 1.807) is 6.20 Å². The van der Waals surface area contributed by atoms with E-state index in [0.717, 1.165) is 23.6 Å². The van der Waals surface area contributed by atoms with Gasteiger partial charge in [-0.3, -0.25) is 0 Å². The molecule has 0 atom stereocenters. The normalized spacial score (nSPS) is 10.2. The highest BCUT2D eigenvalue weighted by molar-refractivity contribution is 6.32. The first-order valence-electron chi connectivity index (χ1n) is 6.20. The third-order valence-electron chi connectivity index (χ3n) is 2.51. The molecule has 0 saturated carbocycles. The number of hydrogen-bond acceptors (Lipinski definition) is 4. The molecule has 1 N–H and O–H groups in total. The summed E-state index contributed by atoms with van der Waals surface area (Å²) in [5.74, 6) is 0.719. The lowest BCUT2D eigenvalue weighted by molar-refractivity contribution is 0.317. The summed E-state index contributed by atoms with van der Waals surface area (Å²) in [5, 5.41) is 3.87. The van der Waals surface area contributed by atoms with E-state index < -0.39 is 0 Å². The molecule has 0 saturated heterocycles. The largest absolute Gasteiger partial charge is 0.492 e. The standard InChI is InChI=1S/C14H16ClN3O/c1-2-7-19-14-4-3-11(8-13(14)15)17-9-12-5-6-16-10-18-12/h3-6,8,10,17H,2,7,9H2,1H3. The predicted octanol–water partition coefficient (Wildman–Crippen LogP) is 3.53. The summed E-state index contributed by atoms with van der Waals surface area (Å²) in [6, 6.07) is 7.54. The molecule has 100 valence electrons. The van der Waals surface area contributed by atoms with Gasteiger partial charge in [0.15, 0.2) is 0 Å². The smallest absolute Gasteiger partial charge is 0.138 e. The third-order valence-corrected chi connectivity index (χ3v) is 2.81. The van der Waals surface area contributed by atoms with Crippen molar-refractivity contribution in [3.63, 3.8) is 0 Å². The average molecular weight is 278 g/mol. The lowest BCUT2D eigenvalue weighted by Gasteiger charge is -2.10. The van der Waals surface area contributed by atoms with Crippen molar-refractivity contribution in [2.45, 2.75) is 19.9 Å². The van der Waals surface area contributed by atoms with E-state index in [9.17, 15) is 0 Å². The number of benzene rings is 1. The molecular formula is C14H16ClN3O. The number of nitrogens with zero attached hydrogens (tertiary/aromatic N) is 2. The molecular weight excluding hydrogens is 262 g/mol. The first kappa shape index (κ1) is 13.6. The number of anilines is 1. The van der Waals surface area contributed by atoms with Crippen LogP contribution in [0, 0.1) is 0 Å². The van der Waals surface area contributed by atoms with Crippen LogP contribution >= 0.6 is 11.6 Å². The van der Waals surface area contributed by atoms with Gasteiger partial charge in [0.1, 0.15) is 12.1 Å². The molecule has 19 heavy (non-hydrogen) atoms. The van der Waals surface area contributed by atoms with Gasteiger partial charge in [0.2, 0.25) is 0 Å². The van der Waals surface area contributed by atoms with E-state index in [1.807, 2.05) is 24.3 Å². The Morgan fingerprint density at radius 3 is 2.89 bits per heavy atom. The van der Waals surface area contributed by atoms with Crippen molar-refractivity contribution in [2.24, 2.45) is 0 Å². The maximum Gasteiger partial charge on any atom is 0.138 e. The molecule has 0 bridgehead atoms. The van der Waals surface area contributed by atoms with Crippen LogP contribution in [-0.2, 0) is 6.54 Å². The number of rotatable bonds is 6. The number of hydrogen-bond donors (Lipinski definition) is 1. The zero-order chi connectivity index (χ0) is 13.5. The first-order chi connectivity index (χ1) is 9.29. The lowest BCUT2D eigenvalue weighted by atomic mass is 10.3. The van der Waals surface area contributed by atoms with E-state index in [1.165, 1.54) is 6.33 Å². The Hall–Kier alpha value is -1.81. The quantitative estimate of drug-likeness (QED) is 0.877. The van der Waals surface area contributed by atoms with Gasteiger partial charge in [-0.1, -0.05) is 18.5 Å². The minimum Gasteiger partial charge on any atom is -0.492 e. The van der Waals surface area contributed by atoms with Gasteiger partial charge in [0.25, 0.3) is 0 Å². The van der Waals surface area contributed by atoms with E-state index in [4.69, 9.17) is 16.3 Å². The number of ether oxygens (including phenoxy) is 1. The summed E-state index contributed by atoms with van der Waals surface area (Å²) < 4.78 is 5.52. The topological polar surface area (TPSA) is 47.0 Å². The third kappa shape index (κ3) is 4.10. The molecule has 0 unspecified atom stereocenters. The Morgan fingerprint density at radius 2 is 2.21 bits per heavy atom. The van der Waals surface area contributed by atoms with Crippen LogP contribution in [0.5, 0.6) is 5.75 Å². The summed E-state index contributed by atoms with van der Waals surface area (Å²) in [4.78, 5) is 8.02. The number of aromatic nitrogens is 2. The summed E-state index contributed by atoms with van der Waals surface area (Å²) in [5.41, 5.74) is 1.87. The van der Waals surface area contributed by atoms with Crippen LogP contribution in [0.25, 0.3) is 0 Å². The Morgan fingerprint density at radius 1 is 1.32 bits per heavy atom. The van der Waals surface area contributed by atoms with Crippen molar-refractivity contribution in [3.05, 3.63) is 47.5 Å². The molecule has 2 aromatic rings. The van der Waals surface area contributed by atoms with Gasteiger partial charge in [-0.05, 0) is 30.7 Å². The molecule has 0 aliphatic rings. The first-order valence-corrected chi connectivity index (χ1v) is 6.58. The fraction of sp³-hybridized carbons (Fsp3) is 0.286. The van der Waals surface area contributed by atoms with Crippen LogP contribution < -0.4 is 10.1 Å². The molecule has 0 radical (unpaired) electrons. The summed E-state index contributed by atoms with van der Waals surface area (Å²) in [7, 11) is 0. The zero-order valence-corrected chi connectivity index (χ0v) is 11.5. The highest BCUT2D eigenvalue weighted by atomic mass is 35.5. The molecule has 2 rings (SSSR count). The van der Waals surface area contributed by atoms with Gasteiger partial charge in [-0.15, -0.1) is 0 Å². The van der Waals surface area contributed by atoms with Crippen molar-refractivity contribution in [1.82, 2.24) is 9.97 Å². The summed E-state index contributed by atoms with van der Waals surface area (Å²) in [6.45, 7) is 3.37. The van der Waals surface area contributed by atoms with E-state index in [-0.39, 0.29) is 0 Å². The minimum absolute atomic E-state index is 0.612. The fourth-order valence-corrected chi connectivity index (χ4v) is 1.79. The molecule has 0 spiro atoms. The minimum atomic E-state index is 0.612. The van der Waals surface area contributed by atoms with Gasteiger partial charge in [0.05, 0.1) is 23.9 Å². The maximum absolute atomic E-state index is 6.16. The molecule has 1 heterocycles. The number of halogens is 1. The van der Waals surface area contributed by atoms with Crippen LogP contribution in [0.4, 0.5) is 5.69 Å². The monoisotopic (exact) mass is 277 g/mol. The van der Waals surface area contributed by atoms with Crippen molar-refractivity contribution < 1.29 is 4.74 Å². The van der Waals surface area contributed by atoms with Crippen LogP contribution in [0.2, 0.25) is 5.02 Å². The SMILES string of the molecule is CCCOc1ccc(NCc2ccncn2)cc1Cl. The second kappa shape index (κ2) is 6.95. The van der Waals surface area contributed by atoms with E-state index in [2.05, 4.69) is 22.2 Å². The van der Waals surface area contributed by atoms with Crippen LogP contribution in [0.15, 0.2) is 36.8 Å². The Labute approximate surface area is 117 Å². The highest BCUT2D eigenvalue weighted by Gasteiger charge is 2.03. The van der Waals surface area contributed by atoms with E-state index >= 15 is 0 Å².